The van der Waals surface area contributed by atoms with Gasteiger partial charge in [0.1, 0.15) is 16.4 Å². The molecule has 23 heavy (non-hydrogen) atoms. The number of aryl methyl sites for hydroxylation is 2. The maximum absolute atomic E-state index is 13.0. The van der Waals surface area contributed by atoms with Crippen molar-refractivity contribution in [2.24, 2.45) is 0 Å². The summed E-state index contributed by atoms with van der Waals surface area (Å²) >= 11 is 1.02. The summed E-state index contributed by atoms with van der Waals surface area (Å²) in [4.78, 5) is 12.9. The summed E-state index contributed by atoms with van der Waals surface area (Å²) in [6, 6.07) is 11.6. The average molecular weight is 327 g/mol. The van der Waals surface area contributed by atoms with Gasteiger partial charge in [-0.2, -0.15) is 0 Å². The Morgan fingerprint density at radius 1 is 1.09 bits per heavy atom. The Kier molecular flexibility index (Phi) is 4.16. The van der Waals surface area contributed by atoms with Crippen LogP contribution in [0.25, 0.3) is 11.3 Å². The van der Waals surface area contributed by atoms with Gasteiger partial charge in [0.15, 0.2) is 0 Å². The molecule has 0 aliphatic rings. The highest BCUT2D eigenvalue weighted by Gasteiger charge is 2.18. The minimum atomic E-state index is -0.335. The fourth-order valence-electron chi connectivity index (χ4n) is 2.14. The lowest BCUT2D eigenvalue weighted by Gasteiger charge is -2.07. The second-order valence-electron chi connectivity index (χ2n) is 5.21. The van der Waals surface area contributed by atoms with E-state index in [9.17, 15) is 9.18 Å². The number of nitrogens with one attached hydrogen (secondary N) is 1. The molecule has 0 unspecified atom stereocenters. The molecule has 0 saturated carbocycles. The minimum Gasteiger partial charge on any atom is -0.321 e. The molecule has 6 heteroatoms. The Hall–Kier alpha value is -2.60. The van der Waals surface area contributed by atoms with E-state index in [4.69, 9.17) is 0 Å². The third kappa shape index (κ3) is 3.27. The number of carbonyl (C=O) groups excluding carboxylic acids is 1. The first-order valence-electron chi connectivity index (χ1n) is 7.01. The summed E-state index contributed by atoms with van der Waals surface area (Å²) in [6.45, 7) is 4.00. The van der Waals surface area contributed by atoms with Gasteiger partial charge in [0, 0.05) is 11.3 Å². The van der Waals surface area contributed by atoms with Crippen molar-refractivity contribution in [2.45, 2.75) is 13.8 Å². The lowest BCUT2D eigenvalue weighted by atomic mass is 10.1. The lowest BCUT2D eigenvalue weighted by Crippen LogP contribution is -2.11. The number of amides is 1. The standard InChI is InChI=1S/C17H14FN3OS/c1-10-3-8-14(9-11(10)2)19-17(22)16-15(20-21-23-16)12-4-6-13(18)7-5-12/h3-9H,1-2H3,(H,19,22). The van der Waals surface area contributed by atoms with Crippen molar-refractivity contribution < 1.29 is 9.18 Å². The number of hydrogen-bond acceptors (Lipinski definition) is 4. The third-order valence-corrected chi connectivity index (χ3v) is 4.30. The van der Waals surface area contributed by atoms with E-state index < -0.39 is 0 Å². The quantitative estimate of drug-likeness (QED) is 0.784. The van der Waals surface area contributed by atoms with Gasteiger partial charge in [0.2, 0.25) is 0 Å². The number of hydrogen-bond donors (Lipinski definition) is 1. The molecule has 0 aliphatic carbocycles. The number of benzene rings is 2. The zero-order valence-corrected chi connectivity index (χ0v) is 13.4. The van der Waals surface area contributed by atoms with Crippen molar-refractivity contribution in [1.82, 2.24) is 9.59 Å². The zero-order chi connectivity index (χ0) is 16.4. The molecule has 1 amide bonds. The number of rotatable bonds is 3. The number of anilines is 1. The van der Waals surface area contributed by atoms with Crippen LogP contribution in [0.15, 0.2) is 42.5 Å². The second kappa shape index (κ2) is 6.26. The van der Waals surface area contributed by atoms with Crippen LogP contribution in [0.2, 0.25) is 0 Å². The number of halogens is 1. The summed E-state index contributed by atoms with van der Waals surface area (Å²) in [5.74, 6) is -0.611. The summed E-state index contributed by atoms with van der Waals surface area (Å²) in [5, 5.41) is 6.85. The van der Waals surface area contributed by atoms with Gasteiger partial charge in [-0.1, -0.05) is 10.6 Å². The van der Waals surface area contributed by atoms with Crippen molar-refractivity contribution >= 4 is 23.1 Å². The molecular weight excluding hydrogens is 313 g/mol. The van der Waals surface area contributed by atoms with Crippen molar-refractivity contribution in [3.8, 4) is 11.3 Å². The molecule has 2 aromatic carbocycles. The minimum absolute atomic E-state index is 0.275. The maximum Gasteiger partial charge on any atom is 0.269 e. The zero-order valence-electron chi connectivity index (χ0n) is 12.6. The van der Waals surface area contributed by atoms with E-state index in [1.807, 2.05) is 32.0 Å². The molecule has 3 aromatic rings. The van der Waals surface area contributed by atoms with Crippen LogP contribution in [0, 0.1) is 19.7 Å². The Labute approximate surface area is 137 Å². The Morgan fingerprint density at radius 2 is 1.83 bits per heavy atom. The summed E-state index contributed by atoms with van der Waals surface area (Å²) in [5.41, 5.74) is 4.09. The summed E-state index contributed by atoms with van der Waals surface area (Å²) < 4.78 is 16.9. The Bertz CT molecular complexity index is 859. The highest BCUT2D eigenvalue weighted by molar-refractivity contribution is 7.08. The van der Waals surface area contributed by atoms with E-state index in [0.717, 1.165) is 28.3 Å². The smallest absolute Gasteiger partial charge is 0.269 e. The maximum atomic E-state index is 13.0. The van der Waals surface area contributed by atoms with Crippen molar-refractivity contribution in [3.05, 3.63) is 64.3 Å². The van der Waals surface area contributed by atoms with Gasteiger partial charge in [0.05, 0.1) is 0 Å². The van der Waals surface area contributed by atoms with E-state index in [1.165, 1.54) is 12.1 Å². The average Bonchev–Trinajstić information content (AvgIpc) is 3.01. The van der Waals surface area contributed by atoms with E-state index in [-0.39, 0.29) is 11.7 Å². The van der Waals surface area contributed by atoms with Gasteiger partial charge in [0.25, 0.3) is 5.91 Å². The van der Waals surface area contributed by atoms with Crippen LogP contribution < -0.4 is 5.32 Å². The largest absolute Gasteiger partial charge is 0.321 e. The van der Waals surface area contributed by atoms with Crippen molar-refractivity contribution in [3.63, 3.8) is 0 Å². The first-order valence-corrected chi connectivity index (χ1v) is 7.79. The van der Waals surface area contributed by atoms with Crippen LogP contribution in [0.1, 0.15) is 20.8 Å². The van der Waals surface area contributed by atoms with Gasteiger partial charge < -0.3 is 5.32 Å². The molecule has 0 bridgehead atoms. The summed E-state index contributed by atoms with van der Waals surface area (Å²) in [7, 11) is 0. The van der Waals surface area contributed by atoms with Gasteiger partial charge >= 0.3 is 0 Å². The first-order chi connectivity index (χ1) is 11.0. The van der Waals surface area contributed by atoms with Gasteiger partial charge in [-0.05, 0) is 72.9 Å². The van der Waals surface area contributed by atoms with E-state index in [2.05, 4.69) is 14.9 Å². The van der Waals surface area contributed by atoms with Gasteiger partial charge in [-0.25, -0.2) is 4.39 Å². The molecule has 4 nitrogen and oxygen atoms in total. The van der Waals surface area contributed by atoms with Crippen LogP contribution >= 0.6 is 11.5 Å². The highest BCUT2D eigenvalue weighted by Crippen LogP contribution is 2.25. The van der Waals surface area contributed by atoms with Crippen LogP contribution in [0.3, 0.4) is 0 Å². The number of nitrogens with zero attached hydrogens (tertiary/aromatic N) is 2. The molecule has 1 aromatic heterocycles. The van der Waals surface area contributed by atoms with Gasteiger partial charge in [-0.15, -0.1) is 5.10 Å². The monoisotopic (exact) mass is 327 g/mol. The fourth-order valence-corrected chi connectivity index (χ4v) is 2.73. The topological polar surface area (TPSA) is 54.9 Å². The predicted octanol–water partition coefficient (Wildman–Crippen LogP) is 4.21. The Morgan fingerprint density at radius 3 is 2.52 bits per heavy atom. The molecule has 0 fully saturated rings. The molecule has 0 radical (unpaired) electrons. The summed E-state index contributed by atoms with van der Waals surface area (Å²) in [6.07, 6.45) is 0. The van der Waals surface area contributed by atoms with Crippen LogP contribution in [0.5, 0.6) is 0 Å². The van der Waals surface area contributed by atoms with Crippen molar-refractivity contribution in [2.75, 3.05) is 5.32 Å². The van der Waals surface area contributed by atoms with Gasteiger partial charge in [-0.3, -0.25) is 4.79 Å². The Balaban J connectivity index is 1.87. The molecule has 0 atom stereocenters. The van der Waals surface area contributed by atoms with E-state index >= 15 is 0 Å². The number of carbonyl (C=O) groups is 1. The first kappa shape index (κ1) is 15.3. The third-order valence-electron chi connectivity index (χ3n) is 3.58. The van der Waals surface area contributed by atoms with Crippen LogP contribution in [-0.2, 0) is 0 Å². The molecule has 3 rings (SSSR count). The SMILES string of the molecule is Cc1ccc(NC(=O)c2snnc2-c2ccc(F)cc2)cc1C. The molecule has 0 aliphatic heterocycles. The molecular formula is C17H14FN3OS. The molecule has 116 valence electrons. The van der Waals surface area contributed by atoms with Crippen molar-refractivity contribution in [1.29, 1.82) is 0 Å². The fraction of sp³-hybridized carbons (Fsp3) is 0.118. The predicted molar refractivity (Wildman–Crippen MR) is 89.2 cm³/mol. The molecule has 1 N–H and O–H groups in total. The number of aromatic nitrogens is 2. The van der Waals surface area contributed by atoms with Crippen LogP contribution in [0.4, 0.5) is 10.1 Å². The van der Waals surface area contributed by atoms with E-state index in [1.54, 1.807) is 12.1 Å². The van der Waals surface area contributed by atoms with Crippen LogP contribution in [-0.4, -0.2) is 15.5 Å². The molecule has 0 saturated heterocycles. The normalized spacial score (nSPS) is 10.6. The lowest BCUT2D eigenvalue weighted by molar-refractivity contribution is 0.103. The van der Waals surface area contributed by atoms with E-state index in [0.29, 0.717) is 16.1 Å². The molecule has 1 heterocycles. The second-order valence-corrected chi connectivity index (χ2v) is 5.96. The highest BCUT2D eigenvalue weighted by atomic mass is 32.1. The molecule has 0 spiro atoms.